The monoisotopic (exact) mass is 331 g/mol. The minimum Gasteiger partial charge on any atom is -0.548 e. The van der Waals surface area contributed by atoms with Crippen molar-refractivity contribution in [1.29, 1.82) is 0 Å². The number of benzene rings is 2. The van der Waals surface area contributed by atoms with Gasteiger partial charge in [0.2, 0.25) is 0 Å². The normalized spacial score (nSPS) is 24.4. The minimum absolute atomic E-state index is 0.00340. The highest BCUT2D eigenvalue weighted by Gasteiger charge is 2.55. The molecule has 0 amide bonds. The summed E-state index contributed by atoms with van der Waals surface area (Å²) in [5, 5.41) is 13.6. The van der Waals surface area contributed by atoms with Gasteiger partial charge in [0.1, 0.15) is 12.6 Å². The van der Waals surface area contributed by atoms with E-state index in [-0.39, 0.29) is 23.9 Å². The highest BCUT2D eigenvalue weighted by Crippen LogP contribution is 2.35. The lowest BCUT2D eigenvalue weighted by Gasteiger charge is -2.27. The van der Waals surface area contributed by atoms with Gasteiger partial charge in [0, 0.05) is 12.0 Å². The number of sulfone groups is 1. The lowest BCUT2D eigenvalue weighted by molar-refractivity contribution is -0.677. The topological polar surface area (TPSA) is 90.9 Å². The van der Waals surface area contributed by atoms with Crippen LogP contribution in [0.3, 0.4) is 0 Å². The maximum absolute atomic E-state index is 12.9. The summed E-state index contributed by atoms with van der Waals surface area (Å²) in [5.74, 6) is -1.53. The molecule has 0 aliphatic carbocycles. The molecule has 2 aromatic carbocycles. The summed E-state index contributed by atoms with van der Waals surface area (Å²) in [6, 6.07) is 16.8. The van der Waals surface area contributed by atoms with E-state index >= 15 is 0 Å². The van der Waals surface area contributed by atoms with Gasteiger partial charge in [-0.25, -0.2) is 8.42 Å². The average Bonchev–Trinajstić information content (AvgIpc) is 3.04. The molecule has 6 heteroatoms. The van der Waals surface area contributed by atoms with Gasteiger partial charge in [-0.1, -0.05) is 48.5 Å². The first-order valence-electron chi connectivity index (χ1n) is 7.37. The summed E-state index contributed by atoms with van der Waals surface area (Å²) in [6.07, 6.45) is -0.00340. The zero-order valence-corrected chi connectivity index (χ0v) is 13.2. The first-order valence-corrected chi connectivity index (χ1v) is 8.85. The fourth-order valence-electron chi connectivity index (χ4n) is 3.13. The second kappa shape index (κ2) is 5.79. The average molecular weight is 331 g/mol. The molecule has 0 bridgehead atoms. The van der Waals surface area contributed by atoms with E-state index in [0.717, 1.165) is 5.56 Å². The van der Waals surface area contributed by atoms with Crippen molar-refractivity contribution in [2.75, 3.05) is 6.54 Å². The van der Waals surface area contributed by atoms with Gasteiger partial charge in [-0.15, -0.1) is 0 Å². The Bertz CT molecular complexity index is 805. The zero-order chi connectivity index (χ0) is 16.5. The van der Waals surface area contributed by atoms with Crippen molar-refractivity contribution in [2.45, 2.75) is 22.1 Å². The molecule has 1 fully saturated rings. The van der Waals surface area contributed by atoms with Crippen LogP contribution in [0.25, 0.3) is 0 Å². The summed E-state index contributed by atoms with van der Waals surface area (Å²) in [6.45, 7) is -0.0495. The largest absolute Gasteiger partial charge is 0.548 e. The van der Waals surface area contributed by atoms with Crippen LogP contribution in [0.5, 0.6) is 0 Å². The predicted octanol–water partition coefficient (Wildman–Crippen LogP) is -0.343. The van der Waals surface area contributed by atoms with E-state index < -0.39 is 20.6 Å². The molecule has 3 rings (SSSR count). The van der Waals surface area contributed by atoms with Crippen molar-refractivity contribution >= 4 is 15.8 Å². The van der Waals surface area contributed by atoms with E-state index in [1.165, 1.54) is 12.1 Å². The highest BCUT2D eigenvalue weighted by atomic mass is 32.2. The lowest BCUT2D eigenvalue weighted by atomic mass is 9.99. The van der Waals surface area contributed by atoms with Crippen LogP contribution in [0, 0.1) is 0 Å². The van der Waals surface area contributed by atoms with Crippen molar-refractivity contribution in [1.82, 2.24) is 0 Å². The van der Waals surface area contributed by atoms with Crippen LogP contribution >= 0.6 is 0 Å². The Morgan fingerprint density at radius 2 is 1.61 bits per heavy atom. The number of carbonyl (C=O) groups excluding carboxylic acids is 1. The quantitative estimate of drug-likeness (QED) is 0.830. The van der Waals surface area contributed by atoms with Gasteiger partial charge in [0.15, 0.2) is 14.6 Å². The Morgan fingerprint density at radius 1 is 1.04 bits per heavy atom. The first kappa shape index (κ1) is 15.7. The van der Waals surface area contributed by atoms with Gasteiger partial charge in [-0.05, 0) is 12.1 Å². The summed E-state index contributed by atoms with van der Waals surface area (Å²) < 4.78 is 24.0. The van der Waals surface area contributed by atoms with E-state index in [0.29, 0.717) is 0 Å². The van der Waals surface area contributed by atoms with Crippen LogP contribution in [-0.2, 0) is 14.6 Å². The van der Waals surface area contributed by atoms with E-state index in [1.54, 1.807) is 23.5 Å². The maximum Gasteiger partial charge on any atom is 0.195 e. The number of carboxylic acids is 1. The molecule has 5 nitrogen and oxygen atoms in total. The number of carboxylic acid groups (broad SMARTS) is 1. The third-order valence-electron chi connectivity index (χ3n) is 4.45. The fraction of sp³-hybridized carbons (Fsp3) is 0.235. The molecule has 0 saturated carbocycles. The number of aliphatic carboxylic acids is 1. The Hall–Kier alpha value is -2.18. The van der Waals surface area contributed by atoms with Crippen molar-refractivity contribution in [3.05, 3.63) is 66.2 Å². The number of carbonyl (C=O) groups is 1. The van der Waals surface area contributed by atoms with Crippen molar-refractivity contribution < 1.29 is 23.6 Å². The SMILES string of the molecule is O=C([O-])[C@@]1(S(=O)(=O)c2ccccc2)C[NH2+][C@H](c2ccccc2)C1. The van der Waals surface area contributed by atoms with Crippen molar-refractivity contribution in [2.24, 2.45) is 0 Å². The van der Waals surface area contributed by atoms with Crippen molar-refractivity contribution in [3.63, 3.8) is 0 Å². The molecule has 0 spiro atoms. The molecule has 1 aliphatic heterocycles. The number of quaternary nitrogens is 1. The van der Waals surface area contributed by atoms with Crippen LogP contribution in [0.4, 0.5) is 0 Å². The summed E-state index contributed by atoms with van der Waals surface area (Å²) in [5.41, 5.74) is 0.916. The molecule has 2 aromatic rings. The molecular formula is C17H17NO4S. The smallest absolute Gasteiger partial charge is 0.195 e. The first-order chi connectivity index (χ1) is 11.0. The van der Waals surface area contributed by atoms with E-state index in [2.05, 4.69) is 0 Å². The minimum atomic E-state index is -4.03. The second-order valence-corrected chi connectivity index (χ2v) is 8.02. The highest BCUT2D eigenvalue weighted by molar-refractivity contribution is 7.93. The van der Waals surface area contributed by atoms with Crippen molar-refractivity contribution in [3.8, 4) is 0 Å². The number of rotatable bonds is 4. The zero-order valence-electron chi connectivity index (χ0n) is 12.4. The molecule has 2 N–H and O–H groups in total. The molecule has 0 radical (unpaired) electrons. The number of hydrogen-bond donors (Lipinski definition) is 1. The molecule has 1 saturated heterocycles. The predicted molar refractivity (Wildman–Crippen MR) is 82.0 cm³/mol. The summed E-state index contributed by atoms with van der Waals surface area (Å²) >= 11 is 0. The Labute approximate surface area is 134 Å². The van der Waals surface area contributed by atoms with Gasteiger partial charge in [0.05, 0.1) is 10.9 Å². The van der Waals surface area contributed by atoms with Crippen LogP contribution in [0.1, 0.15) is 18.0 Å². The van der Waals surface area contributed by atoms with E-state index in [1.807, 2.05) is 30.3 Å². The van der Waals surface area contributed by atoms with Crippen LogP contribution < -0.4 is 10.4 Å². The second-order valence-electron chi connectivity index (χ2n) is 5.76. The molecule has 120 valence electrons. The molecule has 23 heavy (non-hydrogen) atoms. The van der Waals surface area contributed by atoms with Gasteiger partial charge < -0.3 is 15.2 Å². The Kier molecular flexibility index (Phi) is 3.95. The summed E-state index contributed by atoms with van der Waals surface area (Å²) in [7, 11) is -4.03. The summed E-state index contributed by atoms with van der Waals surface area (Å²) in [4.78, 5) is 11.8. The fourth-order valence-corrected chi connectivity index (χ4v) is 5.03. The third-order valence-corrected chi connectivity index (χ3v) is 6.87. The molecular weight excluding hydrogens is 314 g/mol. The van der Waals surface area contributed by atoms with Crippen LogP contribution in [-0.4, -0.2) is 25.7 Å². The molecule has 1 aliphatic rings. The van der Waals surface area contributed by atoms with Crippen LogP contribution in [0.2, 0.25) is 0 Å². The Morgan fingerprint density at radius 3 is 2.17 bits per heavy atom. The van der Waals surface area contributed by atoms with Gasteiger partial charge in [-0.3, -0.25) is 0 Å². The van der Waals surface area contributed by atoms with Gasteiger partial charge >= 0.3 is 0 Å². The van der Waals surface area contributed by atoms with E-state index in [9.17, 15) is 18.3 Å². The Balaban J connectivity index is 2.02. The molecule has 0 unspecified atom stereocenters. The number of hydrogen-bond acceptors (Lipinski definition) is 4. The third kappa shape index (κ3) is 2.54. The lowest BCUT2D eigenvalue weighted by Crippen LogP contribution is -2.84. The van der Waals surface area contributed by atoms with Crippen LogP contribution in [0.15, 0.2) is 65.6 Å². The number of nitrogens with two attached hydrogens (primary N) is 1. The standard InChI is InChI=1S/C17H17NO4S/c19-16(20)17(23(21,22)14-9-5-2-6-10-14)11-15(18-12-17)13-7-3-1-4-8-13/h1-10,15,18H,11-12H2,(H,19,20)/t15-,17-/m0/s1. The van der Waals surface area contributed by atoms with Gasteiger partial charge in [0.25, 0.3) is 0 Å². The maximum atomic E-state index is 12.9. The molecule has 0 aromatic heterocycles. The molecule has 1 heterocycles. The van der Waals surface area contributed by atoms with E-state index in [4.69, 9.17) is 0 Å². The van der Waals surface area contributed by atoms with Gasteiger partial charge in [-0.2, -0.15) is 0 Å². The molecule has 2 atom stereocenters.